The summed E-state index contributed by atoms with van der Waals surface area (Å²) in [6.45, 7) is 0.113. The van der Waals surface area contributed by atoms with Gasteiger partial charge in [0.2, 0.25) is 10.0 Å². The number of carbonyl (C=O) groups excluding carboxylic acids is 1. The standard InChI is InChI=1S/C20H19FN2O4S/c1-22(2)28(25,26)19-7-3-5-15(13-19)20(24)23(14-18-6-4-12-27-18)17-10-8-16(21)9-11-17/h3-13H,14H2,1-2H3. The van der Waals surface area contributed by atoms with Crippen LogP contribution in [-0.2, 0) is 16.6 Å². The minimum absolute atomic E-state index is 0.0143. The van der Waals surface area contributed by atoms with Crippen LogP contribution in [-0.4, -0.2) is 32.7 Å². The lowest BCUT2D eigenvalue weighted by molar-refractivity contribution is 0.0983. The molecule has 0 bridgehead atoms. The summed E-state index contributed by atoms with van der Waals surface area (Å²) < 4.78 is 44.5. The molecule has 0 unspecified atom stereocenters. The monoisotopic (exact) mass is 402 g/mol. The number of hydrogen-bond donors (Lipinski definition) is 0. The quantitative estimate of drug-likeness (QED) is 0.633. The number of benzene rings is 2. The fourth-order valence-corrected chi connectivity index (χ4v) is 3.56. The predicted octanol–water partition coefficient (Wildman–Crippen LogP) is 3.52. The summed E-state index contributed by atoms with van der Waals surface area (Å²) in [6, 6.07) is 14.7. The van der Waals surface area contributed by atoms with Gasteiger partial charge >= 0.3 is 0 Å². The third-order valence-electron chi connectivity index (χ3n) is 4.14. The fraction of sp³-hybridized carbons (Fsp3) is 0.150. The molecule has 8 heteroatoms. The Bertz CT molecular complexity index is 1060. The van der Waals surface area contributed by atoms with E-state index < -0.39 is 21.7 Å². The third-order valence-corrected chi connectivity index (χ3v) is 5.95. The smallest absolute Gasteiger partial charge is 0.258 e. The zero-order valence-corrected chi connectivity index (χ0v) is 16.2. The molecule has 3 rings (SSSR count). The van der Waals surface area contributed by atoms with Gasteiger partial charge in [0.05, 0.1) is 17.7 Å². The average molecular weight is 402 g/mol. The Labute approximate surface area is 162 Å². The molecule has 0 fully saturated rings. The molecular weight excluding hydrogens is 383 g/mol. The Morgan fingerprint density at radius 1 is 1.04 bits per heavy atom. The van der Waals surface area contributed by atoms with Gasteiger partial charge in [0.1, 0.15) is 11.6 Å². The summed E-state index contributed by atoms with van der Waals surface area (Å²) >= 11 is 0. The molecule has 1 amide bonds. The van der Waals surface area contributed by atoms with Gasteiger partial charge in [-0.25, -0.2) is 17.1 Å². The van der Waals surface area contributed by atoms with Gasteiger partial charge in [0.25, 0.3) is 5.91 Å². The highest BCUT2D eigenvalue weighted by atomic mass is 32.2. The van der Waals surface area contributed by atoms with E-state index in [9.17, 15) is 17.6 Å². The molecule has 0 aliphatic heterocycles. The Morgan fingerprint density at radius 2 is 1.75 bits per heavy atom. The van der Waals surface area contributed by atoms with E-state index in [0.29, 0.717) is 11.4 Å². The van der Waals surface area contributed by atoms with Crippen LogP contribution >= 0.6 is 0 Å². The minimum Gasteiger partial charge on any atom is -0.467 e. The number of nitrogens with zero attached hydrogens (tertiary/aromatic N) is 2. The van der Waals surface area contributed by atoms with E-state index in [1.807, 2.05) is 0 Å². The molecule has 0 aliphatic carbocycles. The van der Waals surface area contributed by atoms with E-state index >= 15 is 0 Å². The van der Waals surface area contributed by atoms with Gasteiger partial charge in [0, 0.05) is 25.3 Å². The SMILES string of the molecule is CN(C)S(=O)(=O)c1cccc(C(=O)N(Cc2ccco2)c2ccc(F)cc2)c1. The van der Waals surface area contributed by atoms with Gasteiger partial charge in [0.15, 0.2) is 0 Å². The number of rotatable bonds is 6. The van der Waals surface area contributed by atoms with E-state index in [2.05, 4.69) is 0 Å². The van der Waals surface area contributed by atoms with Gasteiger partial charge in [-0.1, -0.05) is 6.07 Å². The Morgan fingerprint density at radius 3 is 2.36 bits per heavy atom. The summed E-state index contributed by atoms with van der Waals surface area (Å²) in [5, 5.41) is 0. The summed E-state index contributed by atoms with van der Waals surface area (Å²) in [6.07, 6.45) is 1.49. The lowest BCUT2D eigenvalue weighted by Gasteiger charge is -2.22. The van der Waals surface area contributed by atoms with Crippen LogP contribution in [0.15, 0.2) is 76.2 Å². The predicted molar refractivity (Wildman–Crippen MR) is 103 cm³/mol. The molecule has 1 aromatic heterocycles. The Kier molecular flexibility index (Phi) is 5.62. The molecule has 1 heterocycles. The topological polar surface area (TPSA) is 70.8 Å². The maximum absolute atomic E-state index is 13.3. The highest BCUT2D eigenvalue weighted by molar-refractivity contribution is 7.89. The molecular formula is C20H19FN2O4S. The summed E-state index contributed by atoms with van der Waals surface area (Å²) in [7, 11) is -0.840. The van der Waals surface area contributed by atoms with Crippen LogP contribution in [0.1, 0.15) is 16.1 Å². The Hall–Kier alpha value is -2.97. The first-order valence-electron chi connectivity index (χ1n) is 8.41. The lowest BCUT2D eigenvalue weighted by atomic mass is 10.1. The maximum atomic E-state index is 13.3. The van der Waals surface area contributed by atoms with Crippen molar-refractivity contribution in [2.45, 2.75) is 11.4 Å². The molecule has 2 aromatic carbocycles. The van der Waals surface area contributed by atoms with E-state index in [-0.39, 0.29) is 17.0 Å². The van der Waals surface area contributed by atoms with Crippen LogP contribution in [0, 0.1) is 5.82 Å². The average Bonchev–Trinajstić information content (AvgIpc) is 3.19. The van der Waals surface area contributed by atoms with Gasteiger partial charge in [-0.3, -0.25) is 4.79 Å². The molecule has 0 spiro atoms. The van der Waals surface area contributed by atoms with E-state index in [4.69, 9.17) is 4.42 Å². The fourth-order valence-electron chi connectivity index (χ4n) is 2.62. The van der Waals surface area contributed by atoms with Crippen LogP contribution in [0.25, 0.3) is 0 Å². The first kappa shape index (κ1) is 19.8. The molecule has 0 N–H and O–H groups in total. The molecule has 0 saturated heterocycles. The Balaban J connectivity index is 2.01. The van der Waals surface area contributed by atoms with Crippen molar-refractivity contribution in [3.8, 4) is 0 Å². The number of anilines is 1. The van der Waals surface area contributed by atoms with Crippen LogP contribution in [0.4, 0.5) is 10.1 Å². The second kappa shape index (κ2) is 7.95. The molecule has 3 aromatic rings. The second-order valence-electron chi connectivity index (χ2n) is 6.26. The first-order chi connectivity index (χ1) is 13.3. The summed E-state index contributed by atoms with van der Waals surface area (Å²) in [4.78, 5) is 14.6. The van der Waals surface area contributed by atoms with Gasteiger partial charge in [-0.05, 0) is 54.6 Å². The van der Waals surface area contributed by atoms with E-state index in [1.54, 1.807) is 12.1 Å². The number of amides is 1. The van der Waals surface area contributed by atoms with Crippen molar-refractivity contribution < 1.29 is 22.0 Å². The van der Waals surface area contributed by atoms with Crippen molar-refractivity contribution >= 4 is 21.6 Å². The van der Waals surface area contributed by atoms with Gasteiger partial charge in [-0.2, -0.15) is 0 Å². The maximum Gasteiger partial charge on any atom is 0.258 e. The zero-order valence-electron chi connectivity index (χ0n) is 15.4. The molecule has 146 valence electrons. The normalized spacial score (nSPS) is 11.6. The molecule has 0 radical (unpaired) electrons. The number of halogens is 1. The van der Waals surface area contributed by atoms with Gasteiger partial charge in [-0.15, -0.1) is 0 Å². The number of hydrogen-bond acceptors (Lipinski definition) is 4. The van der Waals surface area contributed by atoms with Crippen LogP contribution in [0.3, 0.4) is 0 Å². The molecule has 0 saturated carbocycles. The zero-order chi connectivity index (χ0) is 20.3. The molecule has 28 heavy (non-hydrogen) atoms. The van der Waals surface area contributed by atoms with Crippen LogP contribution in [0.2, 0.25) is 0 Å². The van der Waals surface area contributed by atoms with Crippen molar-refractivity contribution in [3.05, 3.63) is 84.1 Å². The van der Waals surface area contributed by atoms with E-state index in [0.717, 1.165) is 4.31 Å². The number of carbonyl (C=O) groups is 1. The van der Waals surface area contributed by atoms with Crippen LogP contribution in [0.5, 0.6) is 0 Å². The number of furan rings is 1. The summed E-state index contributed by atoms with van der Waals surface area (Å²) in [5.74, 6) is -0.318. The largest absolute Gasteiger partial charge is 0.467 e. The van der Waals surface area contributed by atoms with E-state index in [1.165, 1.54) is 73.8 Å². The third kappa shape index (κ3) is 4.13. The molecule has 0 aliphatic rings. The number of sulfonamides is 1. The van der Waals surface area contributed by atoms with Gasteiger partial charge < -0.3 is 9.32 Å². The highest BCUT2D eigenvalue weighted by Crippen LogP contribution is 2.23. The van der Waals surface area contributed by atoms with Crippen molar-refractivity contribution in [2.24, 2.45) is 0 Å². The highest BCUT2D eigenvalue weighted by Gasteiger charge is 2.23. The van der Waals surface area contributed by atoms with Crippen molar-refractivity contribution in [2.75, 3.05) is 19.0 Å². The van der Waals surface area contributed by atoms with Crippen LogP contribution < -0.4 is 4.90 Å². The van der Waals surface area contributed by atoms with Crippen molar-refractivity contribution in [1.29, 1.82) is 0 Å². The first-order valence-corrected chi connectivity index (χ1v) is 9.85. The molecule has 0 atom stereocenters. The molecule has 6 nitrogen and oxygen atoms in total. The van der Waals surface area contributed by atoms with Crippen molar-refractivity contribution in [1.82, 2.24) is 4.31 Å². The minimum atomic E-state index is -3.68. The van der Waals surface area contributed by atoms with Crippen molar-refractivity contribution in [3.63, 3.8) is 0 Å². The lowest BCUT2D eigenvalue weighted by Crippen LogP contribution is -2.30. The summed E-state index contributed by atoms with van der Waals surface area (Å²) in [5.41, 5.74) is 0.655. The second-order valence-corrected chi connectivity index (χ2v) is 8.41.